The summed E-state index contributed by atoms with van der Waals surface area (Å²) in [5, 5.41) is 0. The molecule has 0 aliphatic heterocycles. The van der Waals surface area contributed by atoms with E-state index in [4.69, 9.17) is 10.5 Å². The Hall–Kier alpha value is -0.540. The van der Waals surface area contributed by atoms with Gasteiger partial charge in [-0.1, -0.05) is 41.8 Å². The van der Waals surface area contributed by atoms with Crippen LogP contribution in [-0.2, 0) is 0 Å². The highest BCUT2D eigenvalue weighted by Gasteiger charge is 2.30. The normalized spacial score (nSPS) is 28.1. The number of benzene rings is 1. The first-order valence-corrected chi connectivity index (χ1v) is 7.54. The lowest BCUT2D eigenvalue weighted by atomic mass is 9.75. The minimum absolute atomic E-state index is 0.0102. The van der Waals surface area contributed by atoms with Crippen molar-refractivity contribution in [2.75, 3.05) is 6.61 Å². The van der Waals surface area contributed by atoms with Crippen LogP contribution < -0.4 is 10.5 Å². The molecule has 2 unspecified atom stereocenters. The van der Waals surface area contributed by atoms with E-state index in [1.54, 1.807) is 0 Å². The summed E-state index contributed by atoms with van der Waals surface area (Å²) >= 11 is 3.44. The van der Waals surface area contributed by atoms with E-state index in [2.05, 4.69) is 22.9 Å². The van der Waals surface area contributed by atoms with Gasteiger partial charge in [0.05, 0.1) is 6.61 Å². The Morgan fingerprint density at radius 1 is 1.50 bits per heavy atom. The molecule has 100 valence electrons. The van der Waals surface area contributed by atoms with E-state index in [0.717, 1.165) is 35.4 Å². The molecule has 2 rings (SSSR count). The first-order chi connectivity index (χ1) is 8.57. The van der Waals surface area contributed by atoms with Gasteiger partial charge in [-0.05, 0) is 43.4 Å². The topological polar surface area (TPSA) is 35.2 Å². The van der Waals surface area contributed by atoms with Crippen LogP contribution in [-0.4, -0.2) is 12.1 Å². The van der Waals surface area contributed by atoms with E-state index in [1.165, 1.54) is 12.8 Å². The van der Waals surface area contributed by atoms with E-state index < -0.39 is 0 Å². The van der Waals surface area contributed by atoms with Gasteiger partial charge in [0.2, 0.25) is 0 Å². The van der Waals surface area contributed by atoms with E-state index in [9.17, 15) is 0 Å². The van der Waals surface area contributed by atoms with Gasteiger partial charge in [-0.15, -0.1) is 0 Å². The first-order valence-electron chi connectivity index (χ1n) is 6.75. The van der Waals surface area contributed by atoms with E-state index >= 15 is 0 Å². The van der Waals surface area contributed by atoms with Gasteiger partial charge in [0.1, 0.15) is 5.75 Å². The fourth-order valence-corrected chi connectivity index (χ4v) is 3.23. The third kappa shape index (κ3) is 3.99. The van der Waals surface area contributed by atoms with Crippen molar-refractivity contribution in [3.63, 3.8) is 0 Å². The molecule has 2 nitrogen and oxygen atoms in total. The van der Waals surface area contributed by atoms with Crippen LogP contribution in [0.1, 0.15) is 39.0 Å². The maximum Gasteiger partial charge on any atom is 0.120 e. The smallest absolute Gasteiger partial charge is 0.120 e. The van der Waals surface area contributed by atoms with Gasteiger partial charge in [-0.3, -0.25) is 0 Å². The van der Waals surface area contributed by atoms with Crippen LogP contribution in [0.25, 0.3) is 0 Å². The van der Waals surface area contributed by atoms with E-state index in [0.29, 0.717) is 6.61 Å². The third-order valence-corrected chi connectivity index (χ3v) is 4.28. The van der Waals surface area contributed by atoms with Crippen LogP contribution in [0.5, 0.6) is 5.75 Å². The highest BCUT2D eigenvalue weighted by molar-refractivity contribution is 9.10. The molecule has 1 aliphatic carbocycles. The predicted molar refractivity (Wildman–Crippen MR) is 78.8 cm³/mol. The summed E-state index contributed by atoms with van der Waals surface area (Å²) in [6.07, 6.45) is 5.80. The lowest BCUT2D eigenvalue weighted by Crippen LogP contribution is -2.45. The number of hydrogen-bond acceptors (Lipinski definition) is 2. The van der Waals surface area contributed by atoms with E-state index in [-0.39, 0.29) is 5.54 Å². The Kier molecular flexibility index (Phi) is 4.68. The van der Waals surface area contributed by atoms with Crippen molar-refractivity contribution >= 4 is 15.9 Å². The van der Waals surface area contributed by atoms with Gasteiger partial charge in [0.15, 0.2) is 0 Å². The molecular weight excluding hydrogens is 290 g/mol. The van der Waals surface area contributed by atoms with Crippen molar-refractivity contribution < 1.29 is 4.74 Å². The molecule has 1 aromatic rings. The summed E-state index contributed by atoms with van der Waals surface area (Å²) in [7, 11) is 0. The zero-order valence-corrected chi connectivity index (χ0v) is 12.6. The zero-order chi connectivity index (χ0) is 13.0. The maximum atomic E-state index is 6.45. The second-order valence-electron chi connectivity index (χ2n) is 5.62. The van der Waals surface area contributed by atoms with Crippen molar-refractivity contribution in [3.05, 3.63) is 28.7 Å². The largest absolute Gasteiger partial charge is 0.493 e. The number of ether oxygens (including phenoxy) is 1. The number of nitrogens with two attached hydrogens (primary N) is 1. The number of rotatable bonds is 4. The molecule has 18 heavy (non-hydrogen) atoms. The summed E-state index contributed by atoms with van der Waals surface area (Å²) < 4.78 is 6.83. The molecule has 1 fully saturated rings. The van der Waals surface area contributed by atoms with Crippen molar-refractivity contribution in [3.8, 4) is 5.75 Å². The van der Waals surface area contributed by atoms with Crippen LogP contribution in [0.2, 0.25) is 0 Å². The molecule has 0 saturated heterocycles. The van der Waals surface area contributed by atoms with Crippen molar-refractivity contribution in [2.24, 2.45) is 11.7 Å². The average molecular weight is 312 g/mol. The van der Waals surface area contributed by atoms with Crippen molar-refractivity contribution in [1.29, 1.82) is 0 Å². The monoisotopic (exact) mass is 311 g/mol. The van der Waals surface area contributed by atoms with Crippen LogP contribution >= 0.6 is 15.9 Å². The van der Waals surface area contributed by atoms with Gasteiger partial charge in [-0.2, -0.15) is 0 Å². The highest BCUT2D eigenvalue weighted by Crippen LogP contribution is 2.32. The Morgan fingerprint density at radius 3 is 3.06 bits per heavy atom. The Morgan fingerprint density at radius 2 is 2.33 bits per heavy atom. The lowest BCUT2D eigenvalue weighted by Gasteiger charge is -2.36. The Balaban J connectivity index is 1.81. The van der Waals surface area contributed by atoms with Crippen LogP contribution in [0.4, 0.5) is 0 Å². The maximum absolute atomic E-state index is 6.45. The molecule has 1 aromatic carbocycles. The van der Waals surface area contributed by atoms with Gasteiger partial charge in [0.25, 0.3) is 0 Å². The highest BCUT2D eigenvalue weighted by atomic mass is 79.9. The predicted octanol–water partition coefficient (Wildman–Crippen LogP) is 4.13. The summed E-state index contributed by atoms with van der Waals surface area (Å²) in [6.45, 7) is 3.01. The molecule has 0 aromatic heterocycles. The quantitative estimate of drug-likeness (QED) is 0.907. The average Bonchev–Trinajstić information content (AvgIpc) is 2.28. The molecule has 0 bridgehead atoms. The molecule has 1 saturated carbocycles. The van der Waals surface area contributed by atoms with Gasteiger partial charge in [0, 0.05) is 10.0 Å². The summed E-state index contributed by atoms with van der Waals surface area (Å²) in [4.78, 5) is 0. The van der Waals surface area contributed by atoms with Gasteiger partial charge < -0.3 is 10.5 Å². The second-order valence-corrected chi connectivity index (χ2v) is 6.54. The minimum Gasteiger partial charge on any atom is -0.493 e. The summed E-state index contributed by atoms with van der Waals surface area (Å²) in [5.41, 5.74) is 6.44. The molecule has 0 heterocycles. The molecule has 3 heteroatoms. The minimum atomic E-state index is -0.0102. The second kappa shape index (κ2) is 6.07. The molecule has 2 atom stereocenters. The standard InChI is InChI=1S/C15H22BrNO/c1-12-4-3-7-15(17,11-12)8-9-18-14-6-2-5-13(16)10-14/h2,5-6,10,12H,3-4,7-9,11,17H2,1H3. The van der Waals surface area contributed by atoms with Crippen molar-refractivity contribution in [2.45, 2.75) is 44.6 Å². The summed E-state index contributed by atoms with van der Waals surface area (Å²) in [5.74, 6) is 1.67. The Bertz CT molecular complexity index is 396. The van der Waals surface area contributed by atoms with Gasteiger partial charge >= 0.3 is 0 Å². The first kappa shape index (κ1) is 13.9. The zero-order valence-electron chi connectivity index (χ0n) is 11.0. The lowest BCUT2D eigenvalue weighted by molar-refractivity contribution is 0.184. The van der Waals surface area contributed by atoms with Crippen molar-refractivity contribution in [1.82, 2.24) is 0 Å². The molecule has 0 radical (unpaired) electrons. The SMILES string of the molecule is CC1CCCC(N)(CCOc2cccc(Br)c2)C1. The molecule has 0 amide bonds. The molecular formula is C15H22BrNO. The number of hydrogen-bond donors (Lipinski definition) is 1. The number of halogens is 1. The third-order valence-electron chi connectivity index (χ3n) is 3.79. The van der Waals surface area contributed by atoms with Crippen LogP contribution in [0.15, 0.2) is 28.7 Å². The molecule has 2 N–H and O–H groups in total. The fourth-order valence-electron chi connectivity index (χ4n) is 2.86. The van der Waals surface area contributed by atoms with Crippen LogP contribution in [0, 0.1) is 5.92 Å². The summed E-state index contributed by atoms with van der Waals surface area (Å²) in [6, 6.07) is 7.96. The Labute approximate surface area is 118 Å². The van der Waals surface area contributed by atoms with Gasteiger partial charge in [-0.25, -0.2) is 0 Å². The fraction of sp³-hybridized carbons (Fsp3) is 0.600. The van der Waals surface area contributed by atoms with Crippen LogP contribution in [0.3, 0.4) is 0 Å². The van der Waals surface area contributed by atoms with E-state index in [1.807, 2.05) is 24.3 Å². The molecule has 1 aliphatic rings. The molecule has 0 spiro atoms.